The number of aromatic amines is 1. The second-order valence-corrected chi connectivity index (χ2v) is 8.08. The van der Waals surface area contributed by atoms with Gasteiger partial charge in [0.2, 0.25) is 5.91 Å². The number of fused-ring (bicyclic) bond motifs is 3. The lowest BCUT2D eigenvalue weighted by molar-refractivity contribution is -0.121. The number of hydrogen-bond donors (Lipinski definition) is 3. The molecule has 0 saturated carbocycles. The zero-order valence-electron chi connectivity index (χ0n) is 15.8. The number of aryl methyl sites for hydroxylation is 1. The van der Waals surface area contributed by atoms with E-state index < -0.39 is 5.60 Å². The van der Waals surface area contributed by atoms with Gasteiger partial charge in [0.05, 0.1) is 23.8 Å². The molecule has 0 spiro atoms. The Morgan fingerprint density at radius 2 is 2.14 bits per heavy atom. The highest BCUT2D eigenvalue weighted by atomic mass is 16.4. The molecule has 2 bridgehead atoms. The molecule has 2 saturated heterocycles. The average molecular weight is 380 g/mol. The molecule has 1 amide bonds. The molecule has 4 heterocycles. The minimum atomic E-state index is -0.925. The number of rotatable bonds is 4. The van der Waals surface area contributed by atoms with E-state index in [4.69, 9.17) is 4.42 Å². The molecule has 5 rings (SSSR count). The highest BCUT2D eigenvalue weighted by molar-refractivity contribution is 5.94. The van der Waals surface area contributed by atoms with Crippen LogP contribution in [0.1, 0.15) is 37.3 Å². The molecule has 3 atom stereocenters. The van der Waals surface area contributed by atoms with Crippen LogP contribution >= 0.6 is 0 Å². The third-order valence-electron chi connectivity index (χ3n) is 6.11. The fraction of sp³-hybridized carbons (Fsp3) is 0.429. The summed E-state index contributed by atoms with van der Waals surface area (Å²) >= 11 is 0. The van der Waals surface area contributed by atoms with Crippen LogP contribution in [0.2, 0.25) is 0 Å². The SMILES string of the molecule is Cc1nc2ccc(NC(=O)CN3[C@@H]4CC[C@H]3CC(O)(c3ccco3)C4)cc2[nH]1. The first-order chi connectivity index (χ1) is 13.5. The van der Waals surface area contributed by atoms with Crippen molar-refractivity contribution < 1.29 is 14.3 Å². The van der Waals surface area contributed by atoms with Crippen molar-refractivity contribution in [2.45, 2.75) is 50.3 Å². The van der Waals surface area contributed by atoms with Crippen LogP contribution < -0.4 is 5.32 Å². The number of anilines is 1. The van der Waals surface area contributed by atoms with Crippen LogP contribution in [-0.4, -0.2) is 44.5 Å². The first kappa shape index (κ1) is 17.5. The molecule has 1 aromatic carbocycles. The maximum absolute atomic E-state index is 12.7. The summed E-state index contributed by atoms with van der Waals surface area (Å²) in [6, 6.07) is 9.73. The largest absolute Gasteiger partial charge is 0.466 e. The fourth-order valence-corrected chi connectivity index (χ4v) is 4.90. The van der Waals surface area contributed by atoms with Gasteiger partial charge in [0, 0.05) is 17.8 Å². The van der Waals surface area contributed by atoms with E-state index in [1.807, 2.05) is 37.3 Å². The molecule has 0 aliphatic carbocycles. The number of amides is 1. The topological polar surface area (TPSA) is 94.4 Å². The Labute approximate surface area is 162 Å². The molecule has 7 nitrogen and oxygen atoms in total. The maximum atomic E-state index is 12.7. The van der Waals surface area contributed by atoms with Gasteiger partial charge in [-0.15, -0.1) is 0 Å². The molecule has 2 aromatic heterocycles. The van der Waals surface area contributed by atoms with E-state index in [1.165, 1.54) is 0 Å². The van der Waals surface area contributed by atoms with Crippen molar-refractivity contribution in [1.29, 1.82) is 0 Å². The van der Waals surface area contributed by atoms with Gasteiger partial charge in [0.1, 0.15) is 17.2 Å². The van der Waals surface area contributed by atoms with E-state index in [2.05, 4.69) is 20.2 Å². The van der Waals surface area contributed by atoms with E-state index in [9.17, 15) is 9.90 Å². The molecule has 2 fully saturated rings. The molecular weight excluding hydrogens is 356 g/mol. The number of piperidine rings is 1. The number of furan rings is 1. The van der Waals surface area contributed by atoms with E-state index >= 15 is 0 Å². The lowest BCUT2D eigenvalue weighted by Gasteiger charge is -2.42. The van der Waals surface area contributed by atoms with Crippen molar-refractivity contribution >= 4 is 22.6 Å². The van der Waals surface area contributed by atoms with Gasteiger partial charge >= 0.3 is 0 Å². The van der Waals surface area contributed by atoms with Crippen LogP contribution in [-0.2, 0) is 10.4 Å². The Hall–Kier alpha value is -2.64. The zero-order chi connectivity index (χ0) is 19.3. The van der Waals surface area contributed by atoms with Crippen molar-refractivity contribution in [3.63, 3.8) is 0 Å². The highest BCUT2D eigenvalue weighted by Gasteiger charge is 2.49. The number of carbonyl (C=O) groups is 1. The Morgan fingerprint density at radius 1 is 1.36 bits per heavy atom. The first-order valence-electron chi connectivity index (χ1n) is 9.78. The zero-order valence-corrected chi connectivity index (χ0v) is 15.8. The summed E-state index contributed by atoms with van der Waals surface area (Å²) in [5, 5.41) is 14.1. The number of aromatic nitrogens is 2. The highest BCUT2D eigenvalue weighted by Crippen LogP contribution is 2.45. The molecule has 3 N–H and O–H groups in total. The van der Waals surface area contributed by atoms with Gasteiger partial charge in [-0.2, -0.15) is 0 Å². The Balaban J connectivity index is 1.26. The molecule has 2 aliphatic heterocycles. The summed E-state index contributed by atoms with van der Waals surface area (Å²) < 4.78 is 5.48. The number of benzene rings is 1. The number of carbonyl (C=O) groups excluding carboxylic acids is 1. The molecular formula is C21H24N4O3. The predicted molar refractivity (Wildman–Crippen MR) is 105 cm³/mol. The predicted octanol–water partition coefficient (Wildman–Crippen LogP) is 2.92. The summed E-state index contributed by atoms with van der Waals surface area (Å²) in [5.41, 5.74) is 1.64. The minimum absolute atomic E-state index is 0.0316. The molecule has 3 aromatic rings. The van der Waals surface area contributed by atoms with Gasteiger partial charge < -0.3 is 19.8 Å². The van der Waals surface area contributed by atoms with E-state index in [1.54, 1.807) is 6.26 Å². The van der Waals surface area contributed by atoms with Gasteiger partial charge in [-0.05, 0) is 62.9 Å². The van der Waals surface area contributed by atoms with Crippen molar-refractivity contribution in [1.82, 2.24) is 14.9 Å². The van der Waals surface area contributed by atoms with E-state index in [0.717, 1.165) is 35.4 Å². The molecule has 146 valence electrons. The normalized spacial score (nSPS) is 27.4. The minimum Gasteiger partial charge on any atom is -0.466 e. The quantitative estimate of drug-likeness (QED) is 0.647. The van der Waals surface area contributed by atoms with Gasteiger partial charge in [-0.3, -0.25) is 9.69 Å². The molecule has 7 heteroatoms. The van der Waals surface area contributed by atoms with Gasteiger partial charge in [-0.1, -0.05) is 0 Å². The summed E-state index contributed by atoms with van der Waals surface area (Å²) in [5.74, 6) is 1.46. The molecule has 28 heavy (non-hydrogen) atoms. The second kappa shape index (κ2) is 6.46. The summed E-state index contributed by atoms with van der Waals surface area (Å²) in [6.07, 6.45) is 4.81. The van der Waals surface area contributed by atoms with Crippen molar-refractivity contribution in [2.75, 3.05) is 11.9 Å². The monoisotopic (exact) mass is 380 g/mol. The number of imidazole rings is 1. The van der Waals surface area contributed by atoms with Crippen LogP contribution in [0.15, 0.2) is 41.0 Å². The third kappa shape index (κ3) is 3.00. The number of nitrogens with one attached hydrogen (secondary N) is 2. The number of H-pyrrole nitrogens is 1. The van der Waals surface area contributed by atoms with Crippen molar-refractivity contribution in [3.05, 3.63) is 48.2 Å². The number of aliphatic hydroxyl groups is 1. The Bertz CT molecular complexity index is 996. The Kier molecular flexibility index (Phi) is 4.03. The third-order valence-corrected chi connectivity index (χ3v) is 6.11. The van der Waals surface area contributed by atoms with Gasteiger partial charge in [-0.25, -0.2) is 4.98 Å². The summed E-state index contributed by atoms with van der Waals surface area (Å²) in [7, 11) is 0. The first-order valence-corrected chi connectivity index (χ1v) is 9.78. The lowest BCUT2D eigenvalue weighted by Crippen LogP contribution is -2.51. The van der Waals surface area contributed by atoms with Crippen LogP contribution in [0, 0.1) is 6.92 Å². The van der Waals surface area contributed by atoms with Crippen molar-refractivity contribution in [2.24, 2.45) is 0 Å². The smallest absolute Gasteiger partial charge is 0.238 e. The summed E-state index contributed by atoms with van der Waals surface area (Å²) in [6.45, 7) is 2.25. The fourth-order valence-electron chi connectivity index (χ4n) is 4.90. The average Bonchev–Trinajstić information content (AvgIpc) is 3.35. The number of hydrogen-bond acceptors (Lipinski definition) is 5. The van der Waals surface area contributed by atoms with Crippen LogP contribution in [0.25, 0.3) is 11.0 Å². The van der Waals surface area contributed by atoms with E-state index in [-0.39, 0.29) is 18.0 Å². The van der Waals surface area contributed by atoms with Crippen LogP contribution in [0.3, 0.4) is 0 Å². The van der Waals surface area contributed by atoms with Crippen LogP contribution in [0.4, 0.5) is 5.69 Å². The maximum Gasteiger partial charge on any atom is 0.238 e. The van der Waals surface area contributed by atoms with Gasteiger partial charge in [0.25, 0.3) is 0 Å². The standard InChI is InChI=1S/C21H24N4O3/c1-13-22-17-7-4-14(9-18(17)23-13)24-20(26)12-25-15-5-6-16(25)11-21(27,10-15)19-3-2-8-28-19/h2-4,7-9,15-16,27H,5-6,10-12H2,1H3,(H,22,23)(H,24,26)/t15-,16+,21?. The second-order valence-electron chi connectivity index (χ2n) is 8.08. The number of nitrogens with zero attached hydrogens (tertiary/aromatic N) is 2. The van der Waals surface area contributed by atoms with Crippen molar-refractivity contribution in [3.8, 4) is 0 Å². The summed E-state index contributed by atoms with van der Waals surface area (Å²) in [4.78, 5) is 22.5. The van der Waals surface area contributed by atoms with E-state index in [0.29, 0.717) is 25.1 Å². The lowest BCUT2D eigenvalue weighted by atomic mass is 9.84. The van der Waals surface area contributed by atoms with Gasteiger partial charge in [0.15, 0.2) is 0 Å². The molecule has 1 unspecified atom stereocenters. The molecule has 0 radical (unpaired) electrons. The molecule has 2 aliphatic rings. The Morgan fingerprint density at radius 3 is 2.86 bits per heavy atom. The van der Waals surface area contributed by atoms with Crippen LogP contribution in [0.5, 0.6) is 0 Å².